The maximum absolute atomic E-state index is 12.4. The summed E-state index contributed by atoms with van der Waals surface area (Å²) in [7, 11) is 1.83. The third kappa shape index (κ3) is 5.19. The number of pyridine rings is 1. The van der Waals surface area contributed by atoms with Gasteiger partial charge in [-0.2, -0.15) is 0 Å². The molecule has 0 saturated carbocycles. The van der Waals surface area contributed by atoms with Crippen molar-refractivity contribution in [3.05, 3.63) is 23.9 Å². The molecule has 1 aromatic rings. The van der Waals surface area contributed by atoms with Crippen LogP contribution in [-0.2, 0) is 0 Å². The zero-order chi connectivity index (χ0) is 15.0. The Hall–Kier alpha value is -1.58. The van der Waals surface area contributed by atoms with Gasteiger partial charge in [0.25, 0.3) is 5.91 Å². The maximum atomic E-state index is 12.4. The van der Waals surface area contributed by atoms with Crippen LogP contribution in [0.25, 0.3) is 0 Å². The number of carbonyl (C=O) groups excluding carboxylic acids is 1. The zero-order valence-corrected chi connectivity index (χ0v) is 13.1. The van der Waals surface area contributed by atoms with Gasteiger partial charge in [0.05, 0.1) is 6.10 Å². The summed E-state index contributed by atoms with van der Waals surface area (Å²) < 4.78 is 5.60. The Morgan fingerprint density at radius 1 is 1.35 bits per heavy atom. The fraction of sp³-hybridized carbons (Fsp3) is 0.625. The molecule has 0 radical (unpaired) electrons. The Morgan fingerprint density at radius 3 is 2.75 bits per heavy atom. The van der Waals surface area contributed by atoms with Crippen molar-refractivity contribution in [2.45, 2.75) is 52.6 Å². The monoisotopic (exact) mass is 278 g/mol. The summed E-state index contributed by atoms with van der Waals surface area (Å²) in [6, 6.07) is 3.54. The van der Waals surface area contributed by atoms with Crippen molar-refractivity contribution >= 4 is 5.91 Å². The zero-order valence-electron chi connectivity index (χ0n) is 13.1. The molecule has 0 N–H and O–H groups in total. The Balaban J connectivity index is 2.66. The molecule has 1 heterocycles. The van der Waals surface area contributed by atoms with E-state index in [9.17, 15) is 4.79 Å². The molecular weight excluding hydrogens is 252 g/mol. The van der Waals surface area contributed by atoms with Crippen LogP contribution in [-0.4, -0.2) is 35.5 Å². The second kappa shape index (κ2) is 8.56. The molecule has 1 rings (SSSR count). The molecule has 0 fully saturated rings. The van der Waals surface area contributed by atoms with Gasteiger partial charge in [0, 0.05) is 19.8 Å². The van der Waals surface area contributed by atoms with Crippen molar-refractivity contribution in [3.8, 4) is 5.88 Å². The Labute approximate surface area is 122 Å². The van der Waals surface area contributed by atoms with E-state index in [0.717, 1.165) is 19.4 Å². The summed E-state index contributed by atoms with van der Waals surface area (Å²) >= 11 is 0. The summed E-state index contributed by atoms with van der Waals surface area (Å²) in [6.45, 7) is 6.81. The molecule has 20 heavy (non-hydrogen) atoms. The van der Waals surface area contributed by atoms with Crippen LogP contribution in [0.5, 0.6) is 5.88 Å². The van der Waals surface area contributed by atoms with E-state index >= 15 is 0 Å². The van der Waals surface area contributed by atoms with Crippen LogP contribution < -0.4 is 4.74 Å². The van der Waals surface area contributed by atoms with Crippen LogP contribution in [0, 0.1) is 0 Å². The average molecular weight is 278 g/mol. The minimum Gasteiger partial charge on any atom is -0.474 e. The number of amides is 1. The van der Waals surface area contributed by atoms with Gasteiger partial charge in [-0.1, -0.05) is 26.2 Å². The molecule has 1 amide bonds. The van der Waals surface area contributed by atoms with Gasteiger partial charge in [-0.3, -0.25) is 4.79 Å². The van der Waals surface area contributed by atoms with Crippen LogP contribution in [0.3, 0.4) is 0 Å². The topological polar surface area (TPSA) is 42.4 Å². The minimum absolute atomic E-state index is 0.00584. The molecule has 0 aliphatic heterocycles. The number of aromatic nitrogens is 1. The average Bonchev–Trinajstić information content (AvgIpc) is 2.42. The van der Waals surface area contributed by atoms with Crippen LogP contribution >= 0.6 is 0 Å². The van der Waals surface area contributed by atoms with Crippen molar-refractivity contribution in [3.63, 3.8) is 0 Å². The number of rotatable bonds is 8. The molecule has 112 valence electrons. The summed E-state index contributed by atoms with van der Waals surface area (Å²) in [4.78, 5) is 18.3. The standard InChI is InChI=1S/C16H26N2O2/c1-5-6-7-8-12-18(4)16(19)14-10-9-11-17-15(14)20-13(2)3/h9-11,13H,5-8,12H2,1-4H3. The Morgan fingerprint density at radius 2 is 2.10 bits per heavy atom. The van der Waals surface area contributed by atoms with Gasteiger partial charge in [0.1, 0.15) is 5.56 Å². The molecule has 4 heteroatoms. The molecule has 0 unspecified atom stereocenters. The summed E-state index contributed by atoms with van der Waals surface area (Å²) in [5.74, 6) is 0.401. The van der Waals surface area contributed by atoms with E-state index < -0.39 is 0 Å². The third-order valence-corrected chi connectivity index (χ3v) is 3.04. The number of hydrogen-bond donors (Lipinski definition) is 0. The molecular formula is C16H26N2O2. The quantitative estimate of drug-likeness (QED) is 0.683. The molecule has 0 atom stereocenters. The van der Waals surface area contributed by atoms with E-state index in [2.05, 4.69) is 11.9 Å². The van der Waals surface area contributed by atoms with E-state index in [0.29, 0.717) is 11.4 Å². The SMILES string of the molecule is CCCCCCN(C)C(=O)c1cccnc1OC(C)C. The smallest absolute Gasteiger partial charge is 0.259 e. The Kier molecular flexibility index (Phi) is 7.05. The fourth-order valence-corrected chi connectivity index (χ4v) is 1.95. The normalized spacial score (nSPS) is 10.7. The Bertz CT molecular complexity index is 419. The maximum Gasteiger partial charge on any atom is 0.259 e. The van der Waals surface area contributed by atoms with E-state index in [1.165, 1.54) is 12.8 Å². The minimum atomic E-state index is -0.0229. The van der Waals surface area contributed by atoms with Gasteiger partial charge in [-0.05, 0) is 32.4 Å². The number of hydrogen-bond acceptors (Lipinski definition) is 3. The second-order valence-electron chi connectivity index (χ2n) is 5.31. The first-order valence-corrected chi connectivity index (χ1v) is 7.43. The van der Waals surface area contributed by atoms with Gasteiger partial charge in [-0.15, -0.1) is 0 Å². The lowest BCUT2D eigenvalue weighted by Crippen LogP contribution is -2.28. The van der Waals surface area contributed by atoms with E-state index in [1.807, 2.05) is 20.9 Å². The first-order chi connectivity index (χ1) is 9.56. The lowest BCUT2D eigenvalue weighted by molar-refractivity contribution is 0.0785. The third-order valence-electron chi connectivity index (χ3n) is 3.04. The van der Waals surface area contributed by atoms with Crippen LogP contribution in [0.1, 0.15) is 56.8 Å². The molecule has 4 nitrogen and oxygen atoms in total. The van der Waals surface area contributed by atoms with E-state index in [-0.39, 0.29) is 12.0 Å². The van der Waals surface area contributed by atoms with Crippen molar-refractivity contribution in [2.24, 2.45) is 0 Å². The van der Waals surface area contributed by atoms with E-state index in [4.69, 9.17) is 4.74 Å². The second-order valence-corrected chi connectivity index (χ2v) is 5.31. The molecule has 0 saturated heterocycles. The van der Waals surface area contributed by atoms with Crippen LogP contribution in [0.2, 0.25) is 0 Å². The van der Waals surface area contributed by atoms with Gasteiger partial charge < -0.3 is 9.64 Å². The van der Waals surface area contributed by atoms with Crippen molar-refractivity contribution in [2.75, 3.05) is 13.6 Å². The van der Waals surface area contributed by atoms with Gasteiger partial charge >= 0.3 is 0 Å². The highest BCUT2D eigenvalue weighted by molar-refractivity contribution is 5.96. The predicted octanol–water partition coefficient (Wildman–Crippen LogP) is 3.52. The molecule has 0 aliphatic carbocycles. The highest BCUT2D eigenvalue weighted by Gasteiger charge is 2.17. The highest BCUT2D eigenvalue weighted by atomic mass is 16.5. The lowest BCUT2D eigenvalue weighted by Gasteiger charge is -2.19. The number of ether oxygens (including phenoxy) is 1. The molecule has 0 bridgehead atoms. The fourth-order valence-electron chi connectivity index (χ4n) is 1.95. The van der Waals surface area contributed by atoms with Gasteiger partial charge in [0.2, 0.25) is 5.88 Å². The molecule has 0 aliphatic rings. The number of unbranched alkanes of at least 4 members (excludes halogenated alkanes) is 3. The van der Waals surface area contributed by atoms with Crippen LogP contribution in [0.4, 0.5) is 0 Å². The predicted molar refractivity (Wildman–Crippen MR) is 81.1 cm³/mol. The van der Waals surface area contributed by atoms with Gasteiger partial charge in [-0.25, -0.2) is 4.98 Å². The molecule has 0 aromatic carbocycles. The highest BCUT2D eigenvalue weighted by Crippen LogP contribution is 2.18. The van der Waals surface area contributed by atoms with Gasteiger partial charge in [0.15, 0.2) is 0 Å². The van der Waals surface area contributed by atoms with Crippen molar-refractivity contribution in [1.29, 1.82) is 0 Å². The molecule has 0 spiro atoms. The van der Waals surface area contributed by atoms with Crippen molar-refractivity contribution in [1.82, 2.24) is 9.88 Å². The lowest BCUT2D eigenvalue weighted by atomic mass is 10.2. The summed E-state index contributed by atoms with van der Waals surface area (Å²) in [6.07, 6.45) is 6.28. The molecule has 1 aromatic heterocycles. The van der Waals surface area contributed by atoms with Crippen molar-refractivity contribution < 1.29 is 9.53 Å². The first-order valence-electron chi connectivity index (χ1n) is 7.43. The largest absolute Gasteiger partial charge is 0.474 e. The number of carbonyl (C=O) groups is 1. The first kappa shape index (κ1) is 16.5. The van der Waals surface area contributed by atoms with Crippen LogP contribution in [0.15, 0.2) is 18.3 Å². The number of nitrogens with zero attached hydrogens (tertiary/aromatic N) is 2. The summed E-state index contributed by atoms with van der Waals surface area (Å²) in [5.41, 5.74) is 0.541. The summed E-state index contributed by atoms with van der Waals surface area (Å²) in [5, 5.41) is 0. The van der Waals surface area contributed by atoms with E-state index in [1.54, 1.807) is 23.2 Å².